The van der Waals surface area contributed by atoms with E-state index in [-0.39, 0.29) is 33.2 Å². The molecule has 0 aliphatic carbocycles. The van der Waals surface area contributed by atoms with Crippen molar-refractivity contribution in [1.29, 1.82) is 0 Å². The van der Waals surface area contributed by atoms with Crippen molar-refractivity contribution in [3.63, 3.8) is 0 Å². The fourth-order valence-electron chi connectivity index (χ4n) is 1.39. The summed E-state index contributed by atoms with van der Waals surface area (Å²) in [4.78, 5) is 0. The van der Waals surface area contributed by atoms with Crippen LogP contribution in [0.25, 0.3) is 0 Å². The molecule has 0 radical (unpaired) electrons. The van der Waals surface area contributed by atoms with E-state index in [1.807, 2.05) is 0 Å². The van der Waals surface area contributed by atoms with Gasteiger partial charge < -0.3 is 9.52 Å². The highest BCUT2D eigenvalue weighted by molar-refractivity contribution is 9.10. The van der Waals surface area contributed by atoms with Crippen LogP contribution < -0.4 is 4.72 Å². The van der Waals surface area contributed by atoms with Gasteiger partial charge in [0, 0.05) is 4.47 Å². The number of rotatable bonds is 4. The largest absolute Gasteiger partial charge is 0.445 e. The topological polar surface area (TPSA) is 79.5 Å². The Morgan fingerprint density at radius 1 is 1.20 bits per heavy atom. The van der Waals surface area contributed by atoms with Gasteiger partial charge in [0.2, 0.25) is 5.09 Å². The second-order valence-corrected chi connectivity index (χ2v) is 6.93. The molecule has 0 aliphatic rings. The van der Waals surface area contributed by atoms with Crippen molar-refractivity contribution in [2.24, 2.45) is 0 Å². The first-order valence-corrected chi connectivity index (χ1v) is 8.24. The Labute approximate surface area is 133 Å². The van der Waals surface area contributed by atoms with Gasteiger partial charge in [0.25, 0.3) is 10.0 Å². The van der Waals surface area contributed by atoms with Crippen LogP contribution in [0, 0.1) is 0 Å². The zero-order valence-electron chi connectivity index (χ0n) is 9.73. The SMILES string of the molecule is O=S(=O)(Nc1ccc(Br)c(Cl)c1Cl)c1ccc(CO)o1. The highest BCUT2D eigenvalue weighted by atomic mass is 79.9. The molecule has 0 amide bonds. The van der Waals surface area contributed by atoms with Crippen LogP contribution in [0.2, 0.25) is 10.0 Å². The molecule has 9 heteroatoms. The molecule has 0 atom stereocenters. The molecule has 2 rings (SSSR count). The van der Waals surface area contributed by atoms with E-state index in [9.17, 15) is 8.42 Å². The number of nitrogens with one attached hydrogen (secondary N) is 1. The summed E-state index contributed by atoms with van der Waals surface area (Å²) in [5.74, 6) is 0.144. The van der Waals surface area contributed by atoms with Crippen molar-refractivity contribution >= 4 is 54.8 Å². The summed E-state index contributed by atoms with van der Waals surface area (Å²) in [6.45, 7) is -0.389. The third-order valence-corrected chi connectivity index (χ3v) is 5.35. The molecule has 1 aromatic carbocycles. The summed E-state index contributed by atoms with van der Waals surface area (Å²) in [5, 5.41) is 8.81. The summed E-state index contributed by atoms with van der Waals surface area (Å²) in [6.07, 6.45) is 0. The lowest BCUT2D eigenvalue weighted by molar-refractivity contribution is 0.236. The van der Waals surface area contributed by atoms with Gasteiger partial charge in [0.05, 0.1) is 15.7 Å². The van der Waals surface area contributed by atoms with E-state index in [4.69, 9.17) is 32.7 Å². The molecule has 0 spiro atoms. The maximum Gasteiger partial charge on any atom is 0.295 e. The zero-order chi connectivity index (χ0) is 14.9. The molecule has 2 N–H and O–H groups in total. The number of hydrogen-bond donors (Lipinski definition) is 2. The molecule has 0 fully saturated rings. The van der Waals surface area contributed by atoms with Crippen LogP contribution in [0.4, 0.5) is 5.69 Å². The lowest BCUT2D eigenvalue weighted by Crippen LogP contribution is -2.12. The molecule has 5 nitrogen and oxygen atoms in total. The van der Waals surface area contributed by atoms with Crippen LogP contribution in [0.3, 0.4) is 0 Å². The van der Waals surface area contributed by atoms with Gasteiger partial charge in [-0.3, -0.25) is 4.72 Å². The molecular weight excluding hydrogens is 393 g/mol. The molecule has 0 saturated heterocycles. The average molecular weight is 401 g/mol. The van der Waals surface area contributed by atoms with E-state index < -0.39 is 10.0 Å². The number of sulfonamides is 1. The Balaban J connectivity index is 2.36. The van der Waals surface area contributed by atoms with Gasteiger partial charge in [-0.05, 0) is 40.2 Å². The maximum absolute atomic E-state index is 12.1. The normalized spacial score (nSPS) is 11.6. The van der Waals surface area contributed by atoms with Crippen molar-refractivity contribution < 1.29 is 17.9 Å². The monoisotopic (exact) mass is 399 g/mol. The first-order chi connectivity index (χ1) is 9.35. The molecule has 0 aliphatic heterocycles. The quantitative estimate of drug-likeness (QED) is 0.767. The Kier molecular flexibility index (Phi) is 4.66. The second-order valence-electron chi connectivity index (χ2n) is 3.71. The smallest absolute Gasteiger partial charge is 0.295 e. The van der Waals surface area contributed by atoms with E-state index in [1.54, 1.807) is 6.07 Å². The summed E-state index contributed by atoms with van der Waals surface area (Å²) >= 11 is 15.1. The van der Waals surface area contributed by atoms with Crippen molar-refractivity contribution in [2.45, 2.75) is 11.7 Å². The van der Waals surface area contributed by atoms with Crippen LogP contribution in [0.1, 0.15) is 5.76 Å². The standard InChI is InChI=1S/C11H8BrCl2NO4S/c12-7-2-3-8(11(14)10(7)13)15-20(17,18)9-4-1-6(5-16)19-9/h1-4,15-16H,5H2. The number of furan rings is 1. The van der Waals surface area contributed by atoms with E-state index >= 15 is 0 Å². The minimum absolute atomic E-state index is 0.0681. The lowest BCUT2D eigenvalue weighted by atomic mass is 10.3. The van der Waals surface area contributed by atoms with Gasteiger partial charge in [-0.25, -0.2) is 0 Å². The Bertz CT molecular complexity index is 745. The highest BCUT2D eigenvalue weighted by Crippen LogP contribution is 2.36. The van der Waals surface area contributed by atoms with Gasteiger partial charge in [-0.15, -0.1) is 0 Å². The molecule has 1 aromatic heterocycles. The molecule has 0 bridgehead atoms. The predicted octanol–water partition coefficient (Wildman–Crippen LogP) is 3.64. The molecule has 1 heterocycles. The van der Waals surface area contributed by atoms with Gasteiger partial charge in [-0.1, -0.05) is 23.2 Å². The van der Waals surface area contributed by atoms with Gasteiger partial charge in [-0.2, -0.15) is 8.42 Å². The van der Waals surface area contributed by atoms with Crippen LogP contribution in [0.15, 0.2) is 38.2 Å². The number of hydrogen-bond acceptors (Lipinski definition) is 4. The Hall–Kier alpha value is -0.730. The lowest BCUT2D eigenvalue weighted by Gasteiger charge is -2.09. The zero-order valence-corrected chi connectivity index (χ0v) is 13.6. The summed E-state index contributed by atoms with van der Waals surface area (Å²) in [5.41, 5.74) is 0.127. The Morgan fingerprint density at radius 3 is 2.50 bits per heavy atom. The number of halogens is 3. The van der Waals surface area contributed by atoms with Gasteiger partial charge in [0.15, 0.2) is 0 Å². The van der Waals surface area contributed by atoms with Crippen LogP contribution >= 0.6 is 39.1 Å². The average Bonchev–Trinajstić information content (AvgIpc) is 2.89. The first-order valence-electron chi connectivity index (χ1n) is 5.21. The molecule has 108 valence electrons. The maximum atomic E-state index is 12.1. The van der Waals surface area contributed by atoms with Crippen LogP contribution in [0.5, 0.6) is 0 Å². The third kappa shape index (κ3) is 3.12. The molecule has 0 unspecified atom stereocenters. The number of benzene rings is 1. The highest BCUT2D eigenvalue weighted by Gasteiger charge is 2.21. The number of anilines is 1. The molecule has 2 aromatic rings. The van der Waals surface area contributed by atoms with E-state index in [1.165, 1.54) is 18.2 Å². The molecule has 20 heavy (non-hydrogen) atoms. The fraction of sp³-hybridized carbons (Fsp3) is 0.0909. The van der Waals surface area contributed by atoms with Crippen LogP contribution in [-0.4, -0.2) is 13.5 Å². The van der Waals surface area contributed by atoms with Crippen molar-refractivity contribution in [3.8, 4) is 0 Å². The van der Waals surface area contributed by atoms with E-state index in [0.29, 0.717) is 4.47 Å². The van der Waals surface area contributed by atoms with Crippen molar-refractivity contribution in [1.82, 2.24) is 0 Å². The number of aliphatic hydroxyl groups is 1. The van der Waals surface area contributed by atoms with Gasteiger partial charge >= 0.3 is 0 Å². The molecular formula is C11H8BrCl2NO4S. The number of aliphatic hydroxyl groups excluding tert-OH is 1. The van der Waals surface area contributed by atoms with Crippen LogP contribution in [-0.2, 0) is 16.6 Å². The van der Waals surface area contributed by atoms with E-state index in [2.05, 4.69) is 20.7 Å². The molecule has 0 saturated carbocycles. The van der Waals surface area contributed by atoms with Crippen molar-refractivity contribution in [3.05, 3.63) is 44.5 Å². The summed E-state index contributed by atoms with van der Waals surface area (Å²) in [6, 6.07) is 5.63. The predicted molar refractivity (Wildman–Crippen MR) is 79.6 cm³/mol. The van der Waals surface area contributed by atoms with E-state index in [0.717, 1.165) is 0 Å². The second kappa shape index (κ2) is 5.95. The minimum Gasteiger partial charge on any atom is -0.445 e. The van der Waals surface area contributed by atoms with Gasteiger partial charge in [0.1, 0.15) is 12.4 Å². The Morgan fingerprint density at radius 2 is 1.90 bits per heavy atom. The van der Waals surface area contributed by atoms with Crippen molar-refractivity contribution in [2.75, 3.05) is 4.72 Å². The minimum atomic E-state index is -3.94. The summed E-state index contributed by atoms with van der Waals surface area (Å²) < 4.78 is 32.0. The first kappa shape index (κ1) is 15.7. The fourth-order valence-corrected chi connectivity index (χ4v) is 3.29. The summed E-state index contributed by atoms with van der Waals surface area (Å²) in [7, 11) is -3.94. The third-order valence-electron chi connectivity index (χ3n) is 2.34.